The zero-order chi connectivity index (χ0) is 18.8. The lowest BCUT2D eigenvalue weighted by Gasteiger charge is -2.17. The van der Waals surface area contributed by atoms with E-state index < -0.39 is 0 Å². The Labute approximate surface area is 154 Å². The van der Waals surface area contributed by atoms with E-state index in [1.54, 1.807) is 36.3 Å². The Balaban J connectivity index is 1.80. The largest absolute Gasteiger partial charge is 0.341 e. The highest BCUT2D eigenvalue weighted by molar-refractivity contribution is 5.79. The van der Waals surface area contributed by atoms with Gasteiger partial charge in [-0.05, 0) is 43.0 Å². The van der Waals surface area contributed by atoms with E-state index in [2.05, 4.69) is 16.9 Å². The van der Waals surface area contributed by atoms with Crippen molar-refractivity contribution in [3.8, 4) is 0 Å². The molecule has 5 heteroatoms. The number of nitrogens with zero attached hydrogens (tertiary/aromatic N) is 3. The quantitative estimate of drug-likeness (QED) is 0.638. The first-order valence-corrected chi connectivity index (χ1v) is 9.02. The summed E-state index contributed by atoms with van der Waals surface area (Å²) < 4.78 is 13.7. The van der Waals surface area contributed by atoms with Crippen LogP contribution < -0.4 is 0 Å². The van der Waals surface area contributed by atoms with Crippen LogP contribution >= 0.6 is 0 Å². The standard InChI is InChI=1S/C21H26FN3O/c1-3-12-23-15-17-11-13-24-19(14-17)8-6-10-21(26)25(2)16-18-7-4-5-9-20(18)22/h4-5,7,9,11,13-15H,3,6,8,10,12,16H2,1-2H3. The predicted octanol–water partition coefficient (Wildman–Crippen LogP) is 4.03. The molecule has 0 spiro atoms. The summed E-state index contributed by atoms with van der Waals surface area (Å²) in [6.45, 7) is 3.20. The van der Waals surface area contributed by atoms with Crippen LogP contribution in [0, 0.1) is 5.82 Å². The summed E-state index contributed by atoms with van der Waals surface area (Å²) in [5.41, 5.74) is 2.52. The topological polar surface area (TPSA) is 45.6 Å². The van der Waals surface area contributed by atoms with Crippen molar-refractivity contribution in [1.82, 2.24) is 9.88 Å². The monoisotopic (exact) mass is 355 g/mol. The van der Waals surface area contributed by atoms with Crippen molar-refractivity contribution in [1.29, 1.82) is 0 Å². The molecule has 2 rings (SSSR count). The van der Waals surface area contributed by atoms with E-state index in [0.29, 0.717) is 18.4 Å². The summed E-state index contributed by atoms with van der Waals surface area (Å²) in [5, 5.41) is 0. The van der Waals surface area contributed by atoms with E-state index in [1.807, 2.05) is 18.3 Å². The molecule has 26 heavy (non-hydrogen) atoms. The molecule has 0 unspecified atom stereocenters. The molecule has 0 radical (unpaired) electrons. The van der Waals surface area contributed by atoms with Gasteiger partial charge in [-0.25, -0.2) is 4.39 Å². The molecule has 4 nitrogen and oxygen atoms in total. The number of carbonyl (C=O) groups is 1. The number of hydrogen-bond donors (Lipinski definition) is 0. The Hall–Kier alpha value is -2.56. The van der Waals surface area contributed by atoms with Gasteiger partial charge in [0.05, 0.1) is 0 Å². The van der Waals surface area contributed by atoms with E-state index in [-0.39, 0.29) is 18.3 Å². The molecule has 0 saturated carbocycles. The number of halogens is 1. The summed E-state index contributed by atoms with van der Waals surface area (Å²) in [5.74, 6) is -0.271. The van der Waals surface area contributed by atoms with Crippen molar-refractivity contribution in [3.63, 3.8) is 0 Å². The molecule has 1 aromatic heterocycles. The van der Waals surface area contributed by atoms with E-state index in [4.69, 9.17) is 0 Å². The van der Waals surface area contributed by atoms with Crippen molar-refractivity contribution in [2.45, 2.75) is 39.2 Å². The van der Waals surface area contributed by atoms with Crippen molar-refractivity contribution in [2.24, 2.45) is 4.99 Å². The zero-order valence-electron chi connectivity index (χ0n) is 15.5. The Morgan fingerprint density at radius 3 is 2.88 bits per heavy atom. The van der Waals surface area contributed by atoms with Gasteiger partial charge in [-0.1, -0.05) is 25.1 Å². The minimum absolute atomic E-state index is 0.00826. The van der Waals surface area contributed by atoms with Crippen LogP contribution in [0.5, 0.6) is 0 Å². The van der Waals surface area contributed by atoms with Gasteiger partial charge in [0.25, 0.3) is 0 Å². The number of amides is 1. The fourth-order valence-electron chi connectivity index (χ4n) is 2.59. The third-order valence-electron chi connectivity index (χ3n) is 4.05. The van der Waals surface area contributed by atoms with Crippen LogP contribution in [0.2, 0.25) is 0 Å². The van der Waals surface area contributed by atoms with E-state index in [0.717, 1.165) is 30.6 Å². The highest BCUT2D eigenvalue weighted by Gasteiger charge is 2.11. The first kappa shape index (κ1) is 19.8. The highest BCUT2D eigenvalue weighted by atomic mass is 19.1. The average Bonchev–Trinajstić information content (AvgIpc) is 2.64. The normalized spacial score (nSPS) is 11.0. The van der Waals surface area contributed by atoms with Crippen molar-refractivity contribution in [2.75, 3.05) is 13.6 Å². The minimum atomic E-state index is -0.280. The molecule has 0 N–H and O–H groups in total. The predicted molar refractivity (Wildman–Crippen MR) is 103 cm³/mol. The highest BCUT2D eigenvalue weighted by Crippen LogP contribution is 2.11. The van der Waals surface area contributed by atoms with Crippen LogP contribution in [0.25, 0.3) is 0 Å². The van der Waals surface area contributed by atoms with Gasteiger partial charge in [0.2, 0.25) is 5.91 Å². The van der Waals surface area contributed by atoms with Gasteiger partial charge in [-0.2, -0.15) is 0 Å². The van der Waals surface area contributed by atoms with Crippen LogP contribution in [-0.4, -0.2) is 35.6 Å². The molecule has 2 aromatic rings. The Bertz CT molecular complexity index is 746. The molecule has 0 bridgehead atoms. The van der Waals surface area contributed by atoms with Crippen LogP contribution in [0.1, 0.15) is 43.0 Å². The summed E-state index contributed by atoms with van der Waals surface area (Å²) in [7, 11) is 1.71. The molecule has 0 aliphatic carbocycles. The molecule has 1 heterocycles. The maximum Gasteiger partial charge on any atom is 0.222 e. The third kappa shape index (κ3) is 6.39. The Morgan fingerprint density at radius 2 is 2.12 bits per heavy atom. The van der Waals surface area contributed by atoms with Crippen LogP contribution in [0.15, 0.2) is 47.6 Å². The lowest BCUT2D eigenvalue weighted by Crippen LogP contribution is -2.26. The Kier molecular flexibility index (Phi) is 7.93. The number of pyridine rings is 1. The number of aliphatic imine (C=N–C) groups is 1. The van der Waals surface area contributed by atoms with Gasteiger partial charge < -0.3 is 4.90 Å². The number of carbonyl (C=O) groups excluding carboxylic acids is 1. The fourth-order valence-corrected chi connectivity index (χ4v) is 2.59. The summed E-state index contributed by atoms with van der Waals surface area (Å²) in [6.07, 6.45) is 6.52. The molecule has 0 aliphatic rings. The molecule has 0 saturated heterocycles. The third-order valence-corrected chi connectivity index (χ3v) is 4.05. The van der Waals surface area contributed by atoms with Crippen molar-refractivity contribution >= 4 is 12.1 Å². The first-order valence-electron chi connectivity index (χ1n) is 9.02. The first-order chi connectivity index (χ1) is 12.6. The summed E-state index contributed by atoms with van der Waals surface area (Å²) >= 11 is 0. The second-order valence-corrected chi connectivity index (χ2v) is 6.31. The van der Waals surface area contributed by atoms with E-state index in [9.17, 15) is 9.18 Å². The van der Waals surface area contributed by atoms with Gasteiger partial charge in [0, 0.05) is 50.2 Å². The summed E-state index contributed by atoms with van der Waals surface area (Å²) in [6, 6.07) is 10.5. The Morgan fingerprint density at radius 1 is 1.31 bits per heavy atom. The maximum atomic E-state index is 13.7. The lowest BCUT2D eigenvalue weighted by molar-refractivity contribution is -0.130. The van der Waals surface area contributed by atoms with Gasteiger partial charge in [0.15, 0.2) is 0 Å². The number of hydrogen-bond acceptors (Lipinski definition) is 3. The summed E-state index contributed by atoms with van der Waals surface area (Å²) in [4.78, 5) is 22.5. The molecule has 0 atom stereocenters. The SMILES string of the molecule is CCCN=Cc1ccnc(CCCC(=O)N(C)Cc2ccccc2F)c1. The van der Waals surface area contributed by atoms with E-state index in [1.165, 1.54) is 6.07 Å². The average molecular weight is 355 g/mol. The molecule has 0 fully saturated rings. The lowest BCUT2D eigenvalue weighted by atomic mass is 10.1. The number of benzene rings is 1. The van der Waals surface area contributed by atoms with Gasteiger partial charge >= 0.3 is 0 Å². The van der Waals surface area contributed by atoms with Crippen LogP contribution in [0.3, 0.4) is 0 Å². The second-order valence-electron chi connectivity index (χ2n) is 6.31. The molecule has 0 aliphatic heterocycles. The number of rotatable bonds is 9. The van der Waals surface area contributed by atoms with Crippen molar-refractivity contribution in [3.05, 3.63) is 65.2 Å². The molecule has 138 valence electrons. The fraction of sp³-hybridized carbons (Fsp3) is 0.381. The van der Waals surface area contributed by atoms with E-state index >= 15 is 0 Å². The zero-order valence-corrected chi connectivity index (χ0v) is 15.5. The molecular formula is C21H26FN3O. The van der Waals surface area contributed by atoms with Crippen LogP contribution in [-0.2, 0) is 17.8 Å². The van der Waals surface area contributed by atoms with Crippen molar-refractivity contribution < 1.29 is 9.18 Å². The smallest absolute Gasteiger partial charge is 0.222 e. The number of aryl methyl sites for hydroxylation is 1. The molecule has 1 amide bonds. The maximum absolute atomic E-state index is 13.7. The van der Waals surface area contributed by atoms with Crippen LogP contribution in [0.4, 0.5) is 4.39 Å². The van der Waals surface area contributed by atoms with Gasteiger partial charge in [-0.3, -0.25) is 14.8 Å². The molecule has 1 aromatic carbocycles. The van der Waals surface area contributed by atoms with Gasteiger partial charge in [-0.15, -0.1) is 0 Å². The number of aromatic nitrogens is 1. The minimum Gasteiger partial charge on any atom is -0.341 e. The second kappa shape index (κ2) is 10.4. The van der Waals surface area contributed by atoms with Gasteiger partial charge in [0.1, 0.15) is 5.82 Å². The molecular weight excluding hydrogens is 329 g/mol.